The summed E-state index contributed by atoms with van der Waals surface area (Å²) in [6, 6.07) is 16.9. The van der Waals surface area contributed by atoms with Gasteiger partial charge in [-0.3, -0.25) is 4.72 Å². The van der Waals surface area contributed by atoms with Crippen molar-refractivity contribution in [2.24, 2.45) is 0 Å². The van der Waals surface area contributed by atoms with Gasteiger partial charge in [0.2, 0.25) is 0 Å². The van der Waals surface area contributed by atoms with Crippen LogP contribution in [0.5, 0.6) is 5.75 Å². The number of ether oxygens (including phenoxy) is 1. The van der Waals surface area contributed by atoms with E-state index in [9.17, 15) is 18.3 Å². The maximum atomic E-state index is 12.7. The summed E-state index contributed by atoms with van der Waals surface area (Å²) in [5, 5.41) is 9.85. The van der Waals surface area contributed by atoms with E-state index in [2.05, 4.69) is 16.6 Å². The normalized spacial score (nSPS) is 11.1. The molecule has 0 fully saturated rings. The number of nitrogens with zero attached hydrogens (tertiary/aromatic N) is 2. The molecule has 2 N–H and O–H groups in total. The Labute approximate surface area is 193 Å². The lowest BCUT2D eigenvalue weighted by atomic mass is 10.1. The van der Waals surface area contributed by atoms with Crippen LogP contribution in [-0.2, 0) is 16.6 Å². The highest BCUT2D eigenvalue weighted by Gasteiger charge is 2.21. The molecular formula is C24H27N3O5S. The first-order valence-electron chi connectivity index (χ1n) is 10.5. The minimum absolute atomic E-state index is 0.0258. The van der Waals surface area contributed by atoms with Gasteiger partial charge in [0.05, 0.1) is 23.9 Å². The molecule has 0 unspecified atom stereocenters. The highest BCUT2D eigenvalue weighted by molar-refractivity contribution is 7.92. The molecule has 9 heteroatoms. The summed E-state index contributed by atoms with van der Waals surface area (Å²) < 4.78 is 33.0. The number of aromatic nitrogens is 1. The molecule has 0 radical (unpaired) electrons. The largest absolute Gasteiger partial charge is 0.497 e. The van der Waals surface area contributed by atoms with Crippen LogP contribution in [0, 0.1) is 0 Å². The fraction of sp³-hybridized carbons (Fsp3) is 0.250. The van der Waals surface area contributed by atoms with E-state index in [4.69, 9.17) is 4.74 Å². The molecule has 174 valence electrons. The Morgan fingerprint density at radius 3 is 2.42 bits per heavy atom. The van der Waals surface area contributed by atoms with Crippen LogP contribution in [0.25, 0.3) is 0 Å². The van der Waals surface area contributed by atoms with Crippen LogP contribution in [0.1, 0.15) is 35.7 Å². The Balaban J connectivity index is 1.91. The average molecular weight is 470 g/mol. The molecule has 0 aliphatic heterocycles. The van der Waals surface area contributed by atoms with Gasteiger partial charge >= 0.3 is 5.97 Å². The molecule has 0 aliphatic rings. The van der Waals surface area contributed by atoms with Crippen LogP contribution in [-0.4, -0.2) is 38.1 Å². The molecule has 3 rings (SSSR count). The number of hydrogen-bond acceptors (Lipinski definition) is 6. The third-order valence-corrected chi connectivity index (χ3v) is 6.41. The Morgan fingerprint density at radius 2 is 1.82 bits per heavy atom. The second-order valence-electron chi connectivity index (χ2n) is 7.44. The van der Waals surface area contributed by atoms with Gasteiger partial charge in [-0.15, -0.1) is 0 Å². The summed E-state index contributed by atoms with van der Waals surface area (Å²) in [5.74, 6) is -0.358. The quantitative estimate of drug-likeness (QED) is 0.428. The fourth-order valence-electron chi connectivity index (χ4n) is 3.30. The lowest BCUT2D eigenvalue weighted by molar-refractivity contribution is 0.0697. The van der Waals surface area contributed by atoms with Gasteiger partial charge in [0.1, 0.15) is 17.1 Å². The van der Waals surface area contributed by atoms with E-state index in [1.807, 2.05) is 35.2 Å². The monoisotopic (exact) mass is 469 g/mol. The van der Waals surface area contributed by atoms with Crippen molar-refractivity contribution < 1.29 is 23.1 Å². The molecule has 0 spiro atoms. The van der Waals surface area contributed by atoms with Crippen molar-refractivity contribution in [1.82, 2.24) is 4.98 Å². The Morgan fingerprint density at radius 1 is 1.12 bits per heavy atom. The van der Waals surface area contributed by atoms with Crippen LogP contribution in [0.3, 0.4) is 0 Å². The molecular weight excluding hydrogens is 442 g/mol. The number of pyridine rings is 1. The summed E-state index contributed by atoms with van der Waals surface area (Å²) >= 11 is 0. The van der Waals surface area contributed by atoms with Gasteiger partial charge in [-0.05, 0) is 42.3 Å². The molecule has 0 saturated heterocycles. The van der Waals surface area contributed by atoms with E-state index < -0.39 is 16.0 Å². The van der Waals surface area contributed by atoms with Crippen molar-refractivity contribution in [3.8, 4) is 5.75 Å². The van der Waals surface area contributed by atoms with Crippen molar-refractivity contribution in [1.29, 1.82) is 0 Å². The number of nitrogens with one attached hydrogen (secondary N) is 1. The number of hydrogen-bond donors (Lipinski definition) is 2. The van der Waals surface area contributed by atoms with Crippen molar-refractivity contribution >= 4 is 27.5 Å². The van der Waals surface area contributed by atoms with Crippen LogP contribution < -0.4 is 14.4 Å². The predicted molar refractivity (Wildman–Crippen MR) is 127 cm³/mol. The SMILES string of the molecule is CCCCN(Cc1ccccc1)c1ncc(NS(=O)(=O)c2ccc(OC)cc2)cc1C(=O)O. The Hall–Kier alpha value is -3.59. The fourth-order valence-corrected chi connectivity index (χ4v) is 4.34. The summed E-state index contributed by atoms with van der Waals surface area (Å²) in [5.41, 5.74) is 1.02. The van der Waals surface area contributed by atoms with Gasteiger partial charge in [-0.2, -0.15) is 0 Å². The van der Waals surface area contributed by atoms with Gasteiger partial charge in [0.15, 0.2) is 0 Å². The van der Waals surface area contributed by atoms with E-state index in [1.54, 1.807) is 0 Å². The van der Waals surface area contributed by atoms with E-state index in [0.29, 0.717) is 24.7 Å². The van der Waals surface area contributed by atoms with Gasteiger partial charge in [-0.25, -0.2) is 18.2 Å². The number of benzene rings is 2. The van der Waals surface area contributed by atoms with Crippen molar-refractivity contribution in [3.63, 3.8) is 0 Å². The number of carbonyl (C=O) groups is 1. The third-order valence-electron chi connectivity index (χ3n) is 5.02. The number of aromatic carboxylic acids is 1. The highest BCUT2D eigenvalue weighted by Crippen LogP contribution is 2.26. The van der Waals surface area contributed by atoms with E-state index in [-0.39, 0.29) is 16.1 Å². The van der Waals surface area contributed by atoms with E-state index in [1.165, 1.54) is 43.6 Å². The van der Waals surface area contributed by atoms with Crippen molar-refractivity contribution in [2.75, 3.05) is 23.3 Å². The van der Waals surface area contributed by atoms with Crippen LogP contribution >= 0.6 is 0 Å². The molecule has 33 heavy (non-hydrogen) atoms. The first-order chi connectivity index (χ1) is 15.8. The minimum atomic E-state index is -3.93. The summed E-state index contributed by atoms with van der Waals surface area (Å²) in [6.45, 7) is 3.17. The number of anilines is 2. The molecule has 0 amide bonds. The first kappa shape index (κ1) is 24.1. The summed E-state index contributed by atoms with van der Waals surface area (Å²) in [7, 11) is -2.44. The zero-order valence-electron chi connectivity index (χ0n) is 18.6. The van der Waals surface area contributed by atoms with Gasteiger partial charge in [-0.1, -0.05) is 43.7 Å². The number of carboxylic acids is 1. The summed E-state index contributed by atoms with van der Waals surface area (Å²) in [4.78, 5) is 18.3. The molecule has 2 aromatic carbocycles. The number of rotatable bonds is 11. The zero-order chi connectivity index (χ0) is 23.8. The van der Waals surface area contributed by atoms with Crippen LogP contribution in [0.2, 0.25) is 0 Å². The average Bonchev–Trinajstić information content (AvgIpc) is 2.82. The zero-order valence-corrected chi connectivity index (χ0v) is 19.4. The first-order valence-corrected chi connectivity index (χ1v) is 12.0. The number of methoxy groups -OCH3 is 1. The molecule has 0 bridgehead atoms. The topological polar surface area (TPSA) is 109 Å². The smallest absolute Gasteiger partial charge is 0.339 e. The second-order valence-corrected chi connectivity index (χ2v) is 9.12. The number of carboxylic acid groups (broad SMARTS) is 1. The standard InChI is InChI=1S/C24H27N3O5S/c1-3-4-14-27(17-18-8-6-5-7-9-18)23-22(24(28)29)15-19(16-25-23)26-33(30,31)21-12-10-20(32-2)11-13-21/h5-13,15-16,26H,3-4,14,17H2,1-2H3,(H,28,29). The molecule has 1 heterocycles. The predicted octanol–water partition coefficient (Wildman–Crippen LogP) is 4.40. The molecule has 1 aromatic heterocycles. The second kappa shape index (κ2) is 10.8. The molecule has 8 nitrogen and oxygen atoms in total. The van der Waals surface area contributed by atoms with Gasteiger partial charge in [0, 0.05) is 13.1 Å². The molecule has 0 saturated carbocycles. The minimum Gasteiger partial charge on any atom is -0.497 e. The lowest BCUT2D eigenvalue weighted by Crippen LogP contribution is -2.27. The van der Waals surface area contributed by atoms with Crippen molar-refractivity contribution in [2.45, 2.75) is 31.2 Å². The Kier molecular flexibility index (Phi) is 7.89. The van der Waals surface area contributed by atoms with Gasteiger partial charge in [0.25, 0.3) is 10.0 Å². The highest BCUT2D eigenvalue weighted by atomic mass is 32.2. The molecule has 0 aliphatic carbocycles. The molecule has 3 aromatic rings. The lowest BCUT2D eigenvalue weighted by Gasteiger charge is -2.25. The maximum absolute atomic E-state index is 12.7. The third kappa shape index (κ3) is 6.23. The van der Waals surface area contributed by atoms with E-state index >= 15 is 0 Å². The van der Waals surface area contributed by atoms with Crippen LogP contribution in [0.15, 0.2) is 71.8 Å². The van der Waals surface area contributed by atoms with Gasteiger partial charge < -0.3 is 14.7 Å². The maximum Gasteiger partial charge on any atom is 0.339 e. The number of unbranched alkanes of at least 4 members (excludes halogenated alkanes) is 1. The van der Waals surface area contributed by atoms with E-state index in [0.717, 1.165) is 18.4 Å². The van der Waals surface area contributed by atoms with Crippen molar-refractivity contribution in [3.05, 3.63) is 78.0 Å². The Bertz CT molecular complexity index is 1180. The molecule has 0 atom stereocenters. The van der Waals surface area contributed by atoms with Crippen LogP contribution in [0.4, 0.5) is 11.5 Å². The summed E-state index contributed by atoms with van der Waals surface area (Å²) in [6.07, 6.45) is 3.14. The number of sulfonamides is 1.